The van der Waals surface area contributed by atoms with Crippen LogP contribution in [0, 0.1) is 5.92 Å². The number of anilines is 1. The van der Waals surface area contributed by atoms with Crippen LogP contribution in [0.15, 0.2) is 60.2 Å². The number of carbonyl (C=O) groups is 2. The number of benzene rings is 1. The van der Waals surface area contributed by atoms with Crippen molar-refractivity contribution in [2.45, 2.75) is 32.5 Å². The third-order valence-electron chi connectivity index (χ3n) is 3.55. The molecule has 0 aromatic heterocycles. The Bertz CT molecular complexity index is 767. The summed E-state index contributed by atoms with van der Waals surface area (Å²) in [5, 5.41) is 19.5. The van der Waals surface area contributed by atoms with E-state index in [1.807, 2.05) is 6.92 Å². The van der Waals surface area contributed by atoms with Crippen molar-refractivity contribution in [3.63, 3.8) is 0 Å². The maximum absolute atomic E-state index is 12.6. The van der Waals surface area contributed by atoms with Crippen LogP contribution in [0.25, 0.3) is 0 Å². The highest BCUT2D eigenvalue weighted by Crippen LogP contribution is 2.30. The monoisotopic (exact) mass is 397 g/mol. The Morgan fingerprint density at radius 3 is 2.46 bits per heavy atom. The number of hydrogen-bond acceptors (Lipinski definition) is 3. The Morgan fingerprint density at radius 2 is 1.93 bits per heavy atom. The van der Waals surface area contributed by atoms with Gasteiger partial charge in [-0.05, 0) is 30.2 Å². The van der Waals surface area contributed by atoms with Crippen molar-refractivity contribution in [3.05, 3.63) is 65.8 Å². The molecule has 0 heterocycles. The Balaban J connectivity index is 0.000000568. The number of amides is 1. The molecule has 8 heteroatoms. The lowest BCUT2D eigenvalue weighted by atomic mass is 10.1. The predicted molar refractivity (Wildman–Crippen MR) is 99.4 cm³/mol. The van der Waals surface area contributed by atoms with Gasteiger partial charge in [-0.3, -0.25) is 9.59 Å². The third kappa shape index (κ3) is 8.22. The summed E-state index contributed by atoms with van der Waals surface area (Å²) < 4.78 is 37.9. The maximum atomic E-state index is 12.6. The highest BCUT2D eigenvalue weighted by molar-refractivity contribution is 6.06. The Hall–Kier alpha value is -2.87. The van der Waals surface area contributed by atoms with Gasteiger partial charge in [0, 0.05) is 17.7 Å². The molecule has 2 rings (SSSR count). The summed E-state index contributed by atoms with van der Waals surface area (Å²) in [5.41, 5.74) is 1.21. The second-order valence-electron chi connectivity index (χ2n) is 5.89. The summed E-state index contributed by atoms with van der Waals surface area (Å²) in [4.78, 5) is 21.7. The van der Waals surface area contributed by atoms with E-state index >= 15 is 0 Å². The fourth-order valence-electron chi connectivity index (χ4n) is 2.14. The number of alkyl halides is 3. The average Bonchev–Trinajstić information content (AvgIpc) is 2.88. The van der Waals surface area contributed by atoms with E-state index in [-0.39, 0.29) is 12.2 Å². The molecule has 1 aromatic rings. The molecule has 152 valence electrons. The lowest BCUT2D eigenvalue weighted by Gasteiger charge is -2.11. The van der Waals surface area contributed by atoms with Crippen LogP contribution in [0.3, 0.4) is 0 Å². The van der Waals surface area contributed by atoms with Crippen molar-refractivity contribution in [2.75, 3.05) is 5.32 Å². The fraction of sp³-hybridized carbons (Fsp3) is 0.300. The number of aliphatic hydroxyl groups excluding tert-OH is 1. The molecule has 0 radical (unpaired) electrons. The standard InChI is InChI=1S/C16H14F3NO2.C4H8O2/c17-16(18,19)13-5-2-4-12(7-8-13)15(22)20-14-6-1-3-11(9-14)10-21;1-2-3-4(5)6/h1-9,13,21H,10H2,(H,20,22);2-3H2,1H3,(H,5,6). The van der Waals surface area contributed by atoms with E-state index in [2.05, 4.69) is 5.32 Å². The van der Waals surface area contributed by atoms with Crippen LogP contribution in [-0.2, 0) is 16.2 Å². The highest BCUT2D eigenvalue weighted by Gasteiger charge is 2.36. The number of carbonyl (C=O) groups excluding carboxylic acids is 1. The molecule has 3 N–H and O–H groups in total. The molecular weight excluding hydrogens is 375 g/mol. The van der Waals surface area contributed by atoms with Gasteiger partial charge in [-0.15, -0.1) is 0 Å². The van der Waals surface area contributed by atoms with E-state index < -0.39 is 24.0 Å². The molecule has 1 aliphatic rings. The van der Waals surface area contributed by atoms with E-state index in [1.54, 1.807) is 24.3 Å². The second kappa shape index (κ2) is 11.1. The van der Waals surface area contributed by atoms with Crippen molar-refractivity contribution >= 4 is 17.6 Å². The van der Waals surface area contributed by atoms with Crippen molar-refractivity contribution in [1.82, 2.24) is 0 Å². The summed E-state index contributed by atoms with van der Waals surface area (Å²) in [6, 6.07) is 6.58. The summed E-state index contributed by atoms with van der Waals surface area (Å²) in [7, 11) is 0. The first-order valence-electron chi connectivity index (χ1n) is 8.53. The first kappa shape index (κ1) is 23.2. The number of hydrogen-bond donors (Lipinski definition) is 3. The number of nitrogens with one attached hydrogen (secondary N) is 1. The smallest absolute Gasteiger partial charge is 0.398 e. The molecule has 28 heavy (non-hydrogen) atoms. The quantitative estimate of drug-likeness (QED) is 0.694. The van der Waals surface area contributed by atoms with E-state index in [9.17, 15) is 22.8 Å². The second-order valence-corrected chi connectivity index (χ2v) is 5.89. The number of carboxylic acids is 1. The van der Waals surface area contributed by atoms with Gasteiger partial charge in [-0.25, -0.2) is 0 Å². The minimum atomic E-state index is -4.37. The third-order valence-corrected chi connectivity index (χ3v) is 3.55. The molecule has 1 aliphatic carbocycles. The van der Waals surface area contributed by atoms with Gasteiger partial charge in [0.2, 0.25) is 0 Å². The van der Waals surface area contributed by atoms with Crippen LogP contribution < -0.4 is 5.32 Å². The van der Waals surface area contributed by atoms with Gasteiger partial charge >= 0.3 is 12.1 Å². The molecular formula is C20H22F3NO4. The number of aliphatic hydroxyl groups is 1. The largest absolute Gasteiger partial charge is 0.481 e. The van der Waals surface area contributed by atoms with Crippen LogP contribution in [0.5, 0.6) is 0 Å². The van der Waals surface area contributed by atoms with Crippen LogP contribution in [-0.4, -0.2) is 28.3 Å². The van der Waals surface area contributed by atoms with E-state index in [1.165, 1.54) is 12.2 Å². The molecule has 1 aromatic carbocycles. The van der Waals surface area contributed by atoms with Crippen LogP contribution in [0.1, 0.15) is 25.3 Å². The highest BCUT2D eigenvalue weighted by atomic mass is 19.4. The molecule has 5 nitrogen and oxygen atoms in total. The van der Waals surface area contributed by atoms with Crippen molar-refractivity contribution in [1.29, 1.82) is 0 Å². The average molecular weight is 397 g/mol. The van der Waals surface area contributed by atoms with Crippen LogP contribution >= 0.6 is 0 Å². The van der Waals surface area contributed by atoms with E-state index in [0.717, 1.165) is 24.6 Å². The minimum Gasteiger partial charge on any atom is -0.481 e. The Kier molecular flexibility index (Phi) is 9.17. The van der Waals surface area contributed by atoms with E-state index in [0.29, 0.717) is 17.7 Å². The summed E-state index contributed by atoms with van der Waals surface area (Å²) >= 11 is 0. The number of allylic oxidation sites excluding steroid dienone is 4. The zero-order valence-corrected chi connectivity index (χ0v) is 15.2. The minimum absolute atomic E-state index is 0.123. The Morgan fingerprint density at radius 1 is 1.21 bits per heavy atom. The van der Waals surface area contributed by atoms with E-state index in [4.69, 9.17) is 10.2 Å². The van der Waals surface area contributed by atoms with Crippen molar-refractivity contribution in [3.8, 4) is 0 Å². The van der Waals surface area contributed by atoms with Crippen LogP contribution in [0.4, 0.5) is 18.9 Å². The lowest BCUT2D eigenvalue weighted by Crippen LogP contribution is -2.18. The summed E-state index contributed by atoms with van der Waals surface area (Å²) in [5.74, 6) is -2.93. The SMILES string of the molecule is CCCC(=O)O.O=C(Nc1cccc(CO)c1)C1=CC=CC(C(F)(F)F)C=C1. The molecule has 0 spiro atoms. The summed E-state index contributed by atoms with van der Waals surface area (Å²) in [6.07, 6.45) is 2.29. The number of carboxylic acid groups (broad SMARTS) is 1. The van der Waals surface area contributed by atoms with Gasteiger partial charge in [0.1, 0.15) is 0 Å². The van der Waals surface area contributed by atoms with Crippen molar-refractivity contribution in [2.24, 2.45) is 5.92 Å². The zero-order valence-electron chi connectivity index (χ0n) is 15.2. The van der Waals surface area contributed by atoms with Gasteiger partial charge in [0.15, 0.2) is 0 Å². The Labute approximate surface area is 160 Å². The predicted octanol–water partition coefficient (Wildman–Crippen LogP) is 4.22. The number of halogens is 3. The first-order chi connectivity index (χ1) is 13.2. The van der Waals surface area contributed by atoms with Gasteiger partial charge in [-0.1, -0.05) is 43.4 Å². The lowest BCUT2D eigenvalue weighted by molar-refractivity contribution is -0.148. The summed E-state index contributed by atoms with van der Waals surface area (Å²) in [6.45, 7) is 1.68. The molecule has 0 aliphatic heterocycles. The number of rotatable bonds is 5. The number of aliphatic carboxylic acids is 1. The molecule has 0 saturated carbocycles. The van der Waals surface area contributed by atoms with Gasteiger partial charge < -0.3 is 15.5 Å². The normalized spacial score (nSPS) is 15.8. The first-order valence-corrected chi connectivity index (χ1v) is 8.53. The molecule has 0 bridgehead atoms. The van der Waals surface area contributed by atoms with Crippen LogP contribution in [0.2, 0.25) is 0 Å². The van der Waals surface area contributed by atoms with Gasteiger partial charge in [0.05, 0.1) is 12.5 Å². The molecule has 1 amide bonds. The fourth-order valence-corrected chi connectivity index (χ4v) is 2.14. The zero-order chi connectivity index (χ0) is 21.2. The molecule has 0 fully saturated rings. The topological polar surface area (TPSA) is 86.6 Å². The molecule has 1 atom stereocenters. The molecule has 1 unspecified atom stereocenters. The van der Waals surface area contributed by atoms with Gasteiger partial charge in [-0.2, -0.15) is 13.2 Å². The van der Waals surface area contributed by atoms with Gasteiger partial charge in [0.25, 0.3) is 5.91 Å². The van der Waals surface area contributed by atoms with Crippen molar-refractivity contribution < 1.29 is 33.0 Å². The maximum Gasteiger partial charge on any atom is 0.398 e. The molecule has 0 saturated heterocycles.